The highest BCUT2D eigenvalue weighted by Crippen LogP contribution is 1.53. The molecule has 0 aromatic carbocycles. The summed E-state index contributed by atoms with van der Waals surface area (Å²) in [6, 6.07) is 0. The molecule has 0 bridgehead atoms. The Balaban J connectivity index is 0. The molecule has 3 heteroatoms. The van der Waals surface area contributed by atoms with Gasteiger partial charge in [-0.25, -0.2) is 0 Å². The monoisotopic (exact) mass is 92.1 g/mol. The Morgan fingerprint density at radius 3 is 2.17 bits per heavy atom. The van der Waals surface area contributed by atoms with Crippen LogP contribution >= 0.6 is 0 Å². The van der Waals surface area contributed by atoms with Crippen LogP contribution in [0.15, 0.2) is 0 Å². The van der Waals surface area contributed by atoms with Gasteiger partial charge in [-0.1, -0.05) is 0 Å². The molecule has 3 nitrogen and oxygen atoms in total. The molecule has 40 valence electrons. The number of hydrogen-bond acceptors (Lipinski definition) is 3. The number of methoxy groups -OCH3 is 1. The van der Waals surface area contributed by atoms with Crippen molar-refractivity contribution in [1.29, 1.82) is 0 Å². The van der Waals surface area contributed by atoms with Crippen LogP contribution in [0, 0.1) is 0 Å². The molecule has 0 heterocycles. The van der Waals surface area contributed by atoms with Gasteiger partial charge in [-0.2, -0.15) is 0 Å². The molecule has 0 amide bonds. The van der Waals surface area contributed by atoms with Crippen molar-refractivity contribution in [3.63, 3.8) is 0 Å². The van der Waals surface area contributed by atoms with Gasteiger partial charge in [0.15, 0.2) is 0 Å². The molecule has 0 spiro atoms. The Morgan fingerprint density at radius 2 is 2.17 bits per heavy atom. The molecule has 0 saturated heterocycles. The molecular weight excluding hydrogens is 80.0 g/mol. The maximum absolute atomic E-state index is 5.01. The standard InChI is InChI=1S/C3H9NO.H3N/c1-5-3-2-4;/h2-4H2,1H3;1H3. The molecule has 0 fully saturated rings. The van der Waals surface area contributed by atoms with Crippen LogP contribution in [0.25, 0.3) is 0 Å². The summed E-state index contributed by atoms with van der Waals surface area (Å²) < 4.78 is 4.57. The van der Waals surface area contributed by atoms with Gasteiger partial charge in [0.1, 0.15) is 0 Å². The average molecular weight is 92.1 g/mol. The van der Waals surface area contributed by atoms with E-state index in [0.717, 1.165) is 0 Å². The van der Waals surface area contributed by atoms with Gasteiger partial charge in [-0.15, -0.1) is 0 Å². The highest BCUT2D eigenvalue weighted by Gasteiger charge is 1.65. The quantitative estimate of drug-likeness (QED) is 0.493. The zero-order valence-corrected chi connectivity index (χ0v) is 4.11. The van der Waals surface area contributed by atoms with E-state index in [-0.39, 0.29) is 6.15 Å². The van der Waals surface area contributed by atoms with Crippen molar-refractivity contribution in [2.45, 2.75) is 0 Å². The van der Waals surface area contributed by atoms with Crippen molar-refractivity contribution in [1.82, 2.24) is 6.15 Å². The van der Waals surface area contributed by atoms with Crippen molar-refractivity contribution >= 4 is 0 Å². The second kappa shape index (κ2) is 8.86. The summed E-state index contributed by atoms with van der Waals surface area (Å²) in [5.74, 6) is 0. The number of nitrogens with two attached hydrogens (primary N) is 1. The van der Waals surface area contributed by atoms with Crippen LogP contribution in [-0.4, -0.2) is 20.3 Å². The van der Waals surface area contributed by atoms with Crippen LogP contribution in [0.4, 0.5) is 0 Å². The van der Waals surface area contributed by atoms with E-state index in [4.69, 9.17) is 5.73 Å². The fourth-order valence-electron chi connectivity index (χ4n) is 0.118. The lowest BCUT2D eigenvalue weighted by Gasteiger charge is -1.85. The molecule has 0 aliphatic heterocycles. The first kappa shape index (κ1) is 9.30. The smallest absolute Gasteiger partial charge is 0.0584 e. The number of hydrogen-bond donors (Lipinski definition) is 2. The molecule has 0 saturated carbocycles. The van der Waals surface area contributed by atoms with E-state index in [0.29, 0.717) is 13.2 Å². The molecule has 0 aliphatic rings. The third-order valence-electron chi connectivity index (χ3n) is 0.322. The zero-order valence-electron chi connectivity index (χ0n) is 4.11. The summed E-state index contributed by atoms with van der Waals surface area (Å²) >= 11 is 0. The molecule has 0 atom stereocenters. The molecule has 0 radical (unpaired) electrons. The van der Waals surface area contributed by atoms with Gasteiger partial charge >= 0.3 is 0 Å². The largest absolute Gasteiger partial charge is 0.383 e. The van der Waals surface area contributed by atoms with Crippen LogP contribution in [0.1, 0.15) is 0 Å². The fraction of sp³-hybridized carbons (Fsp3) is 1.00. The van der Waals surface area contributed by atoms with Gasteiger partial charge in [-0.05, 0) is 0 Å². The molecule has 0 rings (SSSR count). The second-order valence-corrected chi connectivity index (χ2v) is 0.781. The van der Waals surface area contributed by atoms with Gasteiger partial charge < -0.3 is 16.6 Å². The van der Waals surface area contributed by atoms with Crippen molar-refractivity contribution in [3.05, 3.63) is 0 Å². The second-order valence-electron chi connectivity index (χ2n) is 0.781. The Kier molecular flexibility index (Phi) is 13.7. The minimum atomic E-state index is 0. The number of rotatable bonds is 2. The Hall–Kier alpha value is -0.120. The van der Waals surface area contributed by atoms with Crippen LogP contribution in [0.2, 0.25) is 0 Å². The lowest BCUT2D eigenvalue weighted by molar-refractivity contribution is 0.207. The highest BCUT2D eigenvalue weighted by molar-refractivity contribution is 4.22. The van der Waals surface area contributed by atoms with Gasteiger partial charge in [0.05, 0.1) is 6.61 Å². The van der Waals surface area contributed by atoms with Crippen LogP contribution < -0.4 is 11.9 Å². The van der Waals surface area contributed by atoms with Crippen LogP contribution in [-0.2, 0) is 4.74 Å². The van der Waals surface area contributed by atoms with Gasteiger partial charge in [0, 0.05) is 13.7 Å². The maximum Gasteiger partial charge on any atom is 0.0584 e. The Labute approximate surface area is 38.1 Å². The van der Waals surface area contributed by atoms with E-state index in [1.807, 2.05) is 0 Å². The highest BCUT2D eigenvalue weighted by atomic mass is 16.5. The lowest BCUT2D eigenvalue weighted by atomic mass is 10.7. The summed E-state index contributed by atoms with van der Waals surface area (Å²) in [5, 5.41) is 0. The first-order valence-electron chi connectivity index (χ1n) is 1.61. The average Bonchev–Trinajstić information content (AvgIpc) is 1.41. The van der Waals surface area contributed by atoms with E-state index in [1.165, 1.54) is 0 Å². The topological polar surface area (TPSA) is 70.2 Å². The molecule has 0 unspecified atom stereocenters. The predicted molar refractivity (Wildman–Crippen MR) is 26.0 cm³/mol. The minimum Gasteiger partial charge on any atom is -0.383 e. The van der Waals surface area contributed by atoms with Crippen LogP contribution in [0.5, 0.6) is 0 Å². The van der Waals surface area contributed by atoms with E-state index in [1.54, 1.807) is 7.11 Å². The summed E-state index contributed by atoms with van der Waals surface area (Å²) in [6.45, 7) is 1.29. The summed E-state index contributed by atoms with van der Waals surface area (Å²) in [5.41, 5.74) is 5.01. The normalized spacial score (nSPS) is 7.00. The summed E-state index contributed by atoms with van der Waals surface area (Å²) in [6.07, 6.45) is 0. The first-order chi connectivity index (χ1) is 2.41. The number of ether oxygens (including phenoxy) is 1. The molecule has 5 N–H and O–H groups in total. The predicted octanol–water partition coefficient (Wildman–Crippen LogP) is -0.246. The third kappa shape index (κ3) is 9.11. The van der Waals surface area contributed by atoms with Gasteiger partial charge in [-0.3, -0.25) is 0 Å². The molecule has 0 aromatic rings. The van der Waals surface area contributed by atoms with Crippen LogP contribution in [0.3, 0.4) is 0 Å². The van der Waals surface area contributed by atoms with Gasteiger partial charge in [0.2, 0.25) is 0 Å². The van der Waals surface area contributed by atoms with E-state index in [9.17, 15) is 0 Å². The minimum absolute atomic E-state index is 0. The Bertz CT molecular complexity index is 16.3. The molecule has 6 heavy (non-hydrogen) atoms. The summed E-state index contributed by atoms with van der Waals surface area (Å²) in [7, 11) is 1.63. The van der Waals surface area contributed by atoms with Crippen molar-refractivity contribution in [2.24, 2.45) is 5.73 Å². The van der Waals surface area contributed by atoms with Gasteiger partial charge in [0.25, 0.3) is 0 Å². The summed E-state index contributed by atoms with van der Waals surface area (Å²) in [4.78, 5) is 0. The van der Waals surface area contributed by atoms with E-state index in [2.05, 4.69) is 4.74 Å². The zero-order chi connectivity index (χ0) is 4.12. The lowest BCUT2D eigenvalue weighted by Crippen LogP contribution is -2.05. The van der Waals surface area contributed by atoms with Crippen molar-refractivity contribution in [3.8, 4) is 0 Å². The molecule has 0 aromatic heterocycles. The molecule has 0 aliphatic carbocycles. The maximum atomic E-state index is 5.01. The first-order valence-corrected chi connectivity index (χ1v) is 1.61. The van der Waals surface area contributed by atoms with Crippen molar-refractivity contribution in [2.75, 3.05) is 20.3 Å². The SMILES string of the molecule is COCCN.N. The third-order valence-corrected chi connectivity index (χ3v) is 0.322. The fourth-order valence-corrected chi connectivity index (χ4v) is 0.118. The van der Waals surface area contributed by atoms with E-state index >= 15 is 0 Å². The van der Waals surface area contributed by atoms with E-state index < -0.39 is 0 Å². The molecular formula is C3H12N2O. The Morgan fingerprint density at radius 1 is 1.67 bits per heavy atom. The van der Waals surface area contributed by atoms with Crippen molar-refractivity contribution < 1.29 is 4.74 Å².